The third-order valence-corrected chi connectivity index (χ3v) is 4.45. The minimum atomic E-state index is -1.08. The van der Waals surface area contributed by atoms with Gasteiger partial charge in [0.15, 0.2) is 0 Å². The van der Waals surface area contributed by atoms with Crippen molar-refractivity contribution >= 4 is 0 Å². The third kappa shape index (κ3) is 4.39. The molecule has 4 aromatic rings. The second kappa shape index (κ2) is 8.62. The molecule has 0 radical (unpaired) electrons. The smallest absolute Gasteiger partial charge is 0.322 e. The van der Waals surface area contributed by atoms with Gasteiger partial charge in [-0.3, -0.25) is 28.4 Å². The predicted molar refractivity (Wildman–Crippen MR) is 96.3 cm³/mol. The average molecular weight is 607 g/mol. The Balaban J connectivity index is 0.00000272. The fourth-order valence-corrected chi connectivity index (χ4v) is 2.80. The molecule has 4 heterocycles. The first-order chi connectivity index (χ1) is 14.3. The van der Waals surface area contributed by atoms with Crippen molar-refractivity contribution in [1.29, 1.82) is 0 Å². The van der Waals surface area contributed by atoms with Gasteiger partial charge in [0.1, 0.15) is 17.8 Å². The van der Waals surface area contributed by atoms with E-state index in [0.717, 1.165) is 12.1 Å². The number of pyridine rings is 2. The van der Waals surface area contributed by atoms with Crippen LogP contribution in [0.4, 0.5) is 17.6 Å². The maximum Gasteiger partial charge on any atom is 2.00 e. The Bertz CT molecular complexity index is 1240. The van der Waals surface area contributed by atoms with Gasteiger partial charge in [-0.1, -0.05) is 11.6 Å². The molecule has 0 aromatic carbocycles. The van der Waals surface area contributed by atoms with Crippen LogP contribution in [0.5, 0.6) is 0 Å². The topological polar surface area (TPSA) is 69.4 Å². The summed E-state index contributed by atoms with van der Waals surface area (Å²) in [5.41, 5.74) is -0.163. The van der Waals surface area contributed by atoms with Gasteiger partial charge in [0.25, 0.3) is 0 Å². The summed E-state index contributed by atoms with van der Waals surface area (Å²) in [5, 5.41) is 4.33. The standard InChI is InChI=1S/C20H12F4N6.Pt/c1-20(2,14-8-10-30(29-14)12-4-6-16(22)28-18(12)24)13-7-9-25-19(26-13)11-3-5-15(21)27-17(11)23;/h5-10H,1-2H3;/q-2;+2. The van der Waals surface area contributed by atoms with Crippen LogP contribution in [0.2, 0.25) is 0 Å². The van der Waals surface area contributed by atoms with Crippen LogP contribution in [-0.4, -0.2) is 29.7 Å². The Morgan fingerprint density at radius 3 is 2.23 bits per heavy atom. The zero-order valence-electron chi connectivity index (χ0n) is 16.0. The van der Waals surface area contributed by atoms with E-state index < -0.39 is 29.2 Å². The second-order valence-electron chi connectivity index (χ2n) is 6.79. The Morgan fingerprint density at radius 1 is 0.871 bits per heavy atom. The SMILES string of the molecule is CC(C)(c1ccnc(-c2[c-]cc(F)nc2F)n1)c1ccn(-c2[c-]cc(F)nc2F)n1.[Pt+2]. The summed E-state index contributed by atoms with van der Waals surface area (Å²) < 4.78 is 55.2. The van der Waals surface area contributed by atoms with E-state index in [1.54, 1.807) is 26.0 Å². The summed E-state index contributed by atoms with van der Waals surface area (Å²) in [5.74, 6) is -4.15. The molecule has 0 atom stereocenters. The molecular formula is C20H12F4N6Pt. The van der Waals surface area contributed by atoms with Gasteiger partial charge in [0, 0.05) is 23.8 Å². The molecule has 0 saturated heterocycles. The van der Waals surface area contributed by atoms with Gasteiger partial charge in [-0.2, -0.15) is 5.10 Å². The average Bonchev–Trinajstić information content (AvgIpc) is 3.19. The molecule has 31 heavy (non-hydrogen) atoms. The van der Waals surface area contributed by atoms with Crippen LogP contribution in [-0.2, 0) is 26.5 Å². The van der Waals surface area contributed by atoms with Crippen LogP contribution in [0.3, 0.4) is 0 Å². The second-order valence-corrected chi connectivity index (χ2v) is 6.79. The Labute approximate surface area is 188 Å². The summed E-state index contributed by atoms with van der Waals surface area (Å²) >= 11 is 0. The Hall–Kier alpha value is -3.00. The number of halogens is 4. The fraction of sp³-hybridized carbons (Fsp3) is 0.150. The largest absolute Gasteiger partial charge is 2.00 e. The summed E-state index contributed by atoms with van der Waals surface area (Å²) in [4.78, 5) is 14.6. The maximum atomic E-state index is 14.0. The van der Waals surface area contributed by atoms with Crippen LogP contribution < -0.4 is 0 Å². The molecule has 160 valence electrons. The quantitative estimate of drug-likeness (QED) is 0.202. The first-order valence-corrected chi connectivity index (χ1v) is 8.63. The zero-order valence-corrected chi connectivity index (χ0v) is 18.2. The van der Waals surface area contributed by atoms with E-state index in [-0.39, 0.29) is 38.1 Å². The van der Waals surface area contributed by atoms with E-state index in [2.05, 4.69) is 37.2 Å². The molecule has 0 spiro atoms. The molecule has 0 fully saturated rings. The monoisotopic (exact) mass is 607 g/mol. The summed E-state index contributed by atoms with van der Waals surface area (Å²) in [6.07, 6.45) is 2.90. The minimum Gasteiger partial charge on any atom is -0.322 e. The van der Waals surface area contributed by atoms with E-state index >= 15 is 0 Å². The van der Waals surface area contributed by atoms with Crippen molar-refractivity contribution in [2.24, 2.45) is 0 Å². The number of hydrogen-bond acceptors (Lipinski definition) is 5. The Morgan fingerprint density at radius 2 is 1.55 bits per heavy atom. The van der Waals surface area contributed by atoms with Gasteiger partial charge < -0.3 is 4.98 Å². The van der Waals surface area contributed by atoms with E-state index in [0.29, 0.717) is 11.4 Å². The number of nitrogens with zero attached hydrogens (tertiary/aromatic N) is 6. The Kier molecular flexibility index (Phi) is 6.31. The van der Waals surface area contributed by atoms with Crippen molar-refractivity contribution < 1.29 is 38.6 Å². The van der Waals surface area contributed by atoms with Crippen molar-refractivity contribution in [3.05, 3.63) is 84.0 Å². The van der Waals surface area contributed by atoms with E-state index in [1.807, 2.05) is 0 Å². The summed E-state index contributed by atoms with van der Waals surface area (Å²) in [6, 6.07) is 9.92. The van der Waals surface area contributed by atoms with Crippen molar-refractivity contribution in [2.45, 2.75) is 19.3 Å². The molecule has 0 amide bonds. The van der Waals surface area contributed by atoms with Gasteiger partial charge in [0.05, 0.1) is 22.9 Å². The molecule has 0 N–H and O–H groups in total. The van der Waals surface area contributed by atoms with Crippen molar-refractivity contribution in [3.63, 3.8) is 0 Å². The molecule has 11 heteroatoms. The summed E-state index contributed by atoms with van der Waals surface area (Å²) in [6.45, 7) is 3.61. The first-order valence-electron chi connectivity index (χ1n) is 8.63. The van der Waals surface area contributed by atoms with Gasteiger partial charge in [-0.05, 0) is 26.0 Å². The molecule has 0 unspecified atom stereocenters. The molecule has 4 rings (SSSR count). The van der Waals surface area contributed by atoms with Crippen LogP contribution in [0.1, 0.15) is 25.2 Å². The predicted octanol–water partition coefficient (Wildman–Crippen LogP) is 3.60. The normalized spacial score (nSPS) is 11.3. The maximum absolute atomic E-state index is 14.0. The van der Waals surface area contributed by atoms with Crippen LogP contribution in [0, 0.1) is 35.9 Å². The number of aromatic nitrogens is 6. The fourth-order valence-electron chi connectivity index (χ4n) is 2.80. The van der Waals surface area contributed by atoms with Crippen LogP contribution in [0.15, 0.2) is 36.7 Å². The first kappa shape index (κ1) is 22.7. The van der Waals surface area contributed by atoms with Crippen molar-refractivity contribution in [2.75, 3.05) is 0 Å². The van der Waals surface area contributed by atoms with Gasteiger partial charge in [0.2, 0.25) is 0 Å². The molecule has 0 aliphatic rings. The molecule has 6 nitrogen and oxygen atoms in total. The van der Waals surface area contributed by atoms with Crippen molar-refractivity contribution in [1.82, 2.24) is 29.7 Å². The van der Waals surface area contributed by atoms with Crippen molar-refractivity contribution in [3.8, 4) is 17.1 Å². The number of hydrogen-bond donors (Lipinski definition) is 0. The molecule has 4 aromatic heterocycles. The number of rotatable bonds is 4. The van der Waals surface area contributed by atoms with E-state index in [9.17, 15) is 17.6 Å². The van der Waals surface area contributed by atoms with Crippen LogP contribution in [0.25, 0.3) is 17.1 Å². The molecule has 0 bridgehead atoms. The van der Waals surface area contributed by atoms with E-state index in [4.69, 9.17) is 0 Å². The van der Waals surface area contributed by atoms with Crippen LogP contribution >= 0.6 is 0 Å². The third-order valence-electron chi connectivity index (χ3n) is 4.45. The van der Waals surface area contributed by atoms with E-state index in [1.165, 1.54) is 17.1 Å². The minimum absolute atomic E-state index is 0. The molecule has 0 aliphatic carbocycles. The van der Waals surface area contributed by atoms with Gasteiger partial charge in [-0.25, -0.2) is 8.78 Å². The zero-order chi connectivity index (χ0) is 21.5. The molecule has 0 saturated carbocycles. The van der Waals surface area contributed by atoms with Gasteiger partial charge >= 0.3 is 21.1 Å². The molecule has 0 aliphatic heterocycles. The summed E-state index contributed by atoms with van der Waals surface area (Å²) in [7, 11) is 0. The van der Waals surface area contributed by atoms with Gasteiger partial charge in [-0.15, -0.1) is 18.2 Å². The molecular weight excluding hydrogens is 595 g/mol.